The second-order valence-electron chi connectivity index (χ2n) is 8.06. The molecule has 3 nitrogen and oxygen atoms in total. The number of benzene rings is 1. The number of carbonyl (C=O) groups is 1. The number of piperidine rings is 1. The molecule has 1 aliphatic heterocycles. The van der Waals surface area contributed by atoms with E-state index in [1.807, 2.05) is 12.1 Å². The minimum atomic E-state index is 0.512. The lowest BCUT2D eigenvalue weighted by atomic mass is 9.70. The van der Waals surface area contributed by atoms with Gasteiger partial charge in [0.1, 0.15) is 6.29 Å². The Labute approximate surface area is 158 Å². The zero-order valence-electron chi connectivity index (χ0n) is 16.2. The maximum atomic E-state index is 11.1. The molecule has 26 heavy (non-hydrogen) atoms. The van der Waals surface area contributed by atoms with Gasteiger partial charge in [0, 0.05) is 20.1 Å². The van der Waals surface area contributed by atoms with Crippen LogP contribution in [0.25, 0.3) is 5.57 Å². The highest BCUT2D eigenvalue weighted by molar-refractivity contribution is 5.87. The first-order valence-corrected chi connectivity index (χ1v) is 9.95. The predicted molar refractivity (Wildman–Crippen MR) is 109 cm³/mol. The maximum absolute atomic E-state index is 11.1. The van der Waals surface area contributed by atoms with Gasteiger partial charge < -0.3 is 10.2 Å². The van der Waals surface area contributed by atoms with Crippen molar-refractivity contribution >= 4 is 11.9 Å². The van der Waals surface area contributed by atoms with E-state index in [1.54, 1.807) is 6.08 Å². The molecule has 0 aromatic heterocycles. The van der Waals surface area contributed by atoms with Gasteiger partial charge >= 0.3 is 0 Å². The van der Waals surface area contributed by atoms with E-state index in [0.717, 1.165) is 36.4 Å². The van der Waals surface area contributed by atoms with Gasteiger partial charge in [-0.3, -0.25) is 4.79 Å². The van der Waals surface area contributed by atoms with E-state index in [2.05, 4.69) is 48.6 Å². The SMILES string of the molecule is Cc1ccccc1C(/C=C\N(C)C[C@@H]1CCNCC12CCCC2)=C/C=O. The van der Waals surface area contributed by atoms with Crippen molar-refractivity contribution in [2.24, 2.45) is 11.3 Å². The summed E-state index contributed by atoms with van der Waals surface area (Å²) in [6, 6.07) is 8.22. The molecule has 1 aromatic rings. The number of aldehydes is 1. The Morgan fingerprint density at radius 2 is 2.08 bits per heavy atom. The molecule has 3 heteroatoms. The zero-order chi connectivity index (χ0) is 18.4. The van der Waals surface area contributed by atoms with Gasteiger partial charge in [0.25, 0.3) is 0 Å². The fourth-order valence-corrected chi connectivity index (χ4v) is 4.83. The Kier molecular flexibility index (Phi) is 6.31. The van der Waals surface area contributed by atoms with E-state index in [9.17, 15) is 4.79 Å². The number of aryl methyl sites for hydroxylation is 1. The molecule has 1 aromatic carbocycles. The quantitative estimate of drug-likeness (QED) is 0.473. The van der Waals surface area contributed by atoms with Crippen LogP contribution in [0.1, 0.15) is 43.2 Å². The number of allylic oxidation sites excluding steroid dienone is 3. The van der Waals surface area contributed by atoms with Crippen LogP contribution < -0.4 is 5.32 Å². The minimum Gasteiger partial charge on any atom is -0.380 e. The van der Waals surface area contributed by atoms with Crippen LogP contribution >= 0.6 is 0 Å². The number of hydrogen-bond acceptors (Lipinski definition) is 3. The van der Waals surface area contributed by atoms with E-state index in [-0.39, 0.29) is 0 Å². The second kappa shape index (κ2) is 8.68. The third-order valence-corrected chi connectivity index (χ3v) is 6.33. The van der Waals surface area contributed by atoms with E-state index in [1.165, 1.54) is 44.2 Å². The van der Waals surface area contributed by atoms with Crippen molar-refractivity contribution in [1.29, 1.82) is 0 Å². The van der Waals surface area contributed by atoms with Crippen LogP contribution in [0.3, 0.4) is 0 Å². The van der Waals surface area contributed by atoms with E-state index >= 15 is 0 Å². The van der Waals surface area contributed by atoms with Gasteiger partial charge in [-0.2, -0.15) is 0 Å². The van der Waals surface area contributed by atoms with Crippen LogP contribution in [-0.4, -0.2) is 37.9 Å². The first-order valence-electron chi connectivity index (χ1n) is 9.95. The summed E-state index contributed by atoms with van der Waals surface area (Å²) >= 11 is 0. The number of nitrogens with zero attached hydrogens (tertiary/aromatic N) is 1. The summed E-state index contributed by atoms with van der Waals surface area (Å²) in [5.74, 6) is 0.762. The van der Waals surface area contributed by atoms with Crippen molar-refractivity contribution in [2.75, 3.05) is 26.7 Å². The van der Waals surface area contributed by atoms with Crippen LogP contribution in [0.5, 0.6) is 0 Å². The fraction of sp³-hybridized carbons (Fsp3) is 0.522. The molecule has 0 bridgehead atoms. The Bertz CT molecular complexity index is 671. The number of hydrogen-bond donors (Lipinski definition) is 1. The van der Waals surface area contributed by atoms with Gasteiger partial charge in [-0.25, -0.2) is 0 Å². The molecule has 2 fully saturated rings. The normalized spacial score (nSPS) is 22.8. The Morgan fingerprint density at radius 3 is 2.81 bits per heavy atom. The van der Waals surface area contributed by atoms with Crippen LogP contribution in [0.2, 0.25) is 0 Å². The highest BCUT2D eigenvalue weighted by Crippen LogP contribution is 2.46. The highest BCUT2D eigenvalue weighted by Gasteiger charge is 2.42. The molecule has 0 amide bonds. The first kappa shape index (κ1) is 18.9. The van der Waals surface area contributed by atoms with Crippen molar-refractivity contribution in [3.63, 3.8) is 0 Å². The molecular formula is C23H32N2O. The molecule has 3 rings (SSSR count). The van der Waals surface area contributed by atoms with Crippen molar-refractivity contribution in [3.05, 3.63) is 53.7 Å². The summed E-state index contributed by atoms with van der Waals surface area (Å²) in [5, 5.41) is 3.63. The smallest absolute Gasteiger partial charge is 0.143 e. The van der Waals surface area contributed by atoms with Crippen molar-refractivity contribution in [1.82, 2.24) is 10.2 Å². The summed E-state index contributed by atoms with van der Waals surface area (Å²) in [5.41, 5.74) is 3.80. The highest BCUT2D eigenvalue weighted by atomic mass is 16.1. The molecule has 1 saturated heterocycles. The lowest BCUT2D eigenvalue weighted by molar-refractivity contribution is -0.104. The molecule has 1 aliphatic carbocycles. The third kappa shape index (κ3) is 4.27. The van der Waals surface area contributed by atoms with Crippen LogP contribution in [0.15, 0.2) is 42.6 Å². The summed E-state index contributed by atoms with van der Waals surface area (Å²) in [4.78, 5) is 13.4. The van der Waals surface area contributed by atoms with Crippen molar-refractivity contribution in [3.8, 4) is 0 Å². The lowest BCUT2D eigenvalue weighted by Gasteiger charge is -2.43. The van der Waals surface area contributed by atoms with Crippen molar-refractivity contribution < 1.29 is 4.79 Å². The number of carbonyl (C=O) groups excluding carboxylic acids is 1. The minimum absolute atomic E-state index is 0.512. The Morgan fingerprint density at radius 1 is 1.31 bits per heavy atom. The van der Waals surface area contributed by atoms with Crippen LogP contribution in [0.4, 0.5) is 0 Å². The predicted octanol–water partition coefficient (Wildman–Crippen LogP) is 4.19. The topological polar surface area (TPSA) is 32.3 Å². The number of rotatable bonds is 6. The molecule has 0 unspecified atom stereocenters. The van der Waals surface area contributed by atoms with Gasteiger partial charge in [-0.05, 0) is 79.1 Å². The average Bonchev–Trinajstić information content (AvgIpc) is 3.10. The molecular weight excluding hydrogens is 320 g/mol. The molecule has 1 heterocycles. The van der Waals surface area contributed by atoms with Gasteiger partial charge in [0.15, 0.2) is 0 Å². The zero-order valence-corrected chi connectivity index (χ0v) is 16.2. The molecule has 1 atom stereocenters. The molecule has 1 saturated carbocycles. The van der Waals surface area contributed by atoms with E-state index < -0.39 is 0 Å². The summed E-state index contributed by atoms with van der Waals surface area (Å²) in [7, 11) is 2.16. The average molecular weight is 353 g/mol. The van der Waals surface area contributed by atoms with E-state index in [0.29, 0.717) is 5.41 Å². The molecule has 1 N–H and O–H groups in total. The summed E-state index contributed by atoms with van der Waals surface area (Å²) in [6.45, 7) is 5.52. The second-order valence-corrected chi connectivity index (χ2v) is 8.06. The first-order chi connectivity index (χ1) is 12.6. The number of nitrogens with one attached hydrogen (secondary N) is 1. The molecule has 2 aliphatic rings. The molecule has 0 radical (unpaired) electrons. The van der Waals surface area contributed by atoms with Gasteiger partial charge in [0.05, 0.1) is 0 Å². The summed E-state index contributed by atoms with van der Waals surface area (Å²) in [6.07, 6.45) is 13.6. The largest absolute Gasteiger partial charge is 0.380 e. The van der Waals surface area contributed by atoms with Gasteiger partial charge in [-0.15, -0.1) is 0 Å². The standard InChI is InChI=1S/C23H32N2O/c1-19-7-3-4-8-22(19)20(11-16-26)10-15-25(2)17-21-9-14-24-18-23(21)12-5-6-13-23/h3-4,7-8,10-11,15-16,21,24H,5-6,9,12-14,17-18H2,1-2H3/b15-10-,20-11+/t21-/m0/s1. The van der Waals surface area contributed by atoms with Crippen LogP contribution in [0, 0.1) is 18.3 Å². The van der Waals surface area contributed by atoms with Crippen molar-refractivity contribution in [2.45, 2.75) is 39.0 Å². The molecule has 1 spiro atoms. The van der Waals surface area contributed by atoms with Gasteiger partial charge in [-0.1, -0.05) is 37.1 Å². The third-order valence-electron chi connectivity index (χ3n) is 6.33. The monoisotopic (exact) mass is 352 g/mol. The molecule has 140 valence electrons. The lowest BCUT2D eigenvalue weighted by Crippen LogP contribution is -2.48. The van der Waals surface area contributed by atoms with E-state index in [4.69, 9.17) is 0 Å². The summed E-state index contributed by atoms with van der Waals surface area (Å²) < 4.78 is 0. The Hall–Kier alpha value is -1.87. The Balaban J connectivity index is 1.69. The fourth-order valence-electron chi connectivity index (χ4n) is 4.83. The maximum Gasteiger partial charge on any atom is 0.143 e. The van der Waals surface area contributed by atoms with Crippen LogP contribution in [-0.2, 0) is 4.79 Å². The van der Waals surface area contributed by atoms with Gasteiger partial charge in [0.2, 0.25) is 0 Å².